The molecule has 0 unspecified atom stereocenters. The molecule has 3 nitrogen and oxygen atoms in total. The Hall–Kier alpha value is -2.30. The molecule has 0 radical (unpaired) electrons. The van der Waals surface area contributed by atoms with Crippen LogP contribution in [0, 0.1) is 11.6 Å². The number of amides is 1. The van der Waals surface area contributed by atoms with Gasteiger partial charge in [-0.25, -0.2) is 8.78 Å². The van der Waals surface area contributed by atoms with Gasteiger partial charge in [0.15, 0.2) is 11.6 Å². The van der Waals surface area contributed by atoms with Crippen molar-refractivity contribution in [2.75, 3.05) is 14.1 Å². The number of hydrogen-bond acceptors (Lipinski definition) is 2. The normalized spacial score (nSPS) is 10.7. The van der Waals surface area contributed by atoms with E-state index in [-0.39, 0.29) is 22.7 Å². The van der Waals surface area contributed by atoms with E-state index in [1.165, 1.54) is 17.2 Å². The second-order valence-electron chi connectivity index (χ2n) is 5.96. The van der Waals surface area contributed by atoms with Gasteiger partial charge in [0, 0.05) is 25.9 Å². The molecule has 0 fully saturated rings. The number of carbonyl (C=O) groups excluding carboxylic acids is 1. The number of carbonyl (C=O) groups is 1. The molecule has 0 saturated heterocycles. The molecule has 0 aliphatic rings. The van der Waals surface area contributed by atoms with Gasteiger partial charge in [-0.2, -0.15) is 0 Å². The Morgan fingerprint density at radius 1 is 1.12 bits per heavy atom. The van der Waals surface area contributed by atoms with Crippen molar-refractivity contribution in [3.8, 4) is 11.3 Å². The van der Waals surface area contributed by atoms with Gasteiger partial charge in [-0.1, -0.05) is 25.8 Å². The molecule has 0 N–H and O–H groups in total. The predicted molar refractivity (Wildman–Crippen MR) is 90.8 cm³/mol. The fourth-order valence-electron chi connectivity index (χ4n) is 2.56. The third-order valence-corrected chi connectivity index (χ3v) is 3.91. The van der Waals surface area contributed by atoms with Crippen LogP contribution in [0.5, 0.6) is 0 Å². The van der Waals surface area contributed by atoms with Crippen molar-refractivity contribution >= 4 is 5.91 Å². The number of benzene rings is 1. The zero-order chi connectivity index (χ0) is 17.7. The minimum atomic E-state index is -0.949. The molecule has 2 aromatic rings. The van der Waals surface area contributed by atoms with Crippen LogP contribution in [0.15, 0.2) is 30.5 Å². The van der Waals surface area contributed by atoms with E-state index in [0.29, 0.717) is 12.0 Å². The van der Waals surface area contributed by atoms with Crippen molar-refractivity contribution in [2.24, 2.45) is 0 Å². The Kier molecular flexibility index (Phi) is 6.01. The fraction of sp³-hybridized carbons (Fsp3) is 0.368. The standard InChI is InChI=1S/C19H22F2N2O/c1-4-5-6-8-13-10-11-14(17(21)16(13)20)18-15(9-7-12-22-18)19(24)23(2)3/h7,9-12H,4-6,8H2,1-3H3. The fourth-order valence-corrected chi connectivity index (χ4v) is 2.56. The van der Waals surface area contributed by atoms with Crippen molar-refractivity contribution in [1.82, 2.24) is 9.88 Å². The summed E-state index contributed by atoms with van der Waals surface area (Å²) in [5.41, 5.74) is 0.783. The molecule has 0 spiro atoms. The summed E-state index contributed by atoms with van der Waals surface area (Å²) < 4.78 is 28.9. The zero-order valence-electron chi connectivity index (χ0n) is 14.3. The molecule has 1 aromatic carbocycles. The van der Waals surface area contributed by atoms with E-state index >= 15 is 0 Å². The Morgan fingerprint density at radius 3 is 2.54 bits per heavy atom. The summed E-state index contributed by atoms with van der Waals surface area (Å²) in [5, 5.41) is 0. The van der Waals surface area contributed by atoms with Crippen molar-refractivity contribution in [3.63, 3.8) is 0 Å². The van der Waals surface area contributed by atoms with Gasteiger partial charge in [0.2, 0.25) is 0 Å². The van der Waals surface area contributed by atoms with Crippen LogP contribution in [-0.4, -0.2) is 29.9 Å². The van der Waals surface area contributed by atoms with Gasteiger partial charge < -0.3 is 4.90 Å². The first-order chi connectivity index (χ1) is 11.5. The predicted octanol–water partition coefficient (Wildman–Crippen LogP) is 4.46. The maximum Gasteiger partial charge on any atom is 0.255 e. The highest BCUT2D eigenvalue weighted by Crippen LogP contribution is 2.28. The number of hydrogen-bond donors (Lipinski definition) is 0. The lowest BCUT2D eigenvalue weighted by Gasteiger charge is -2.14. The minimum absolute atomic E-state index is 0.0116. The van der Waals surface area contributed by atoms with Gasteiger partial charge in [0.05, 0.1) is 11.3 Å². The molecular weight excluding hydrogens is 310 g/mol. The molecule has 1 amide bonds. The van der Waals surface area contributed by atoms with Crippen molar-refractivity contribution in [1.29, 1.82) is 0 Å². The van der Waals surface area contributed by atoms with Crippen LogP contribution < -0.4 is 0 Å². The first-order valence-corrected chi connectivity index (χ1v) is 8.11. The second kappa shape index (κ2) is 7.99. The molecule has 0 bridgehead atoms. The Balaban J connectivity index is 2.44. The topological polar surface area (TPSA) is 33.2 Å². The van der Waals surface area contributed by atoms with Crippen LogP contribution in [0.4, 0.5) is 8.78 Å². The second-order valence-corrected chi connectivity index (χ2v) is 5.96. The van der Waals surface area contributed by atoms with Gasteiger partial charge in [0.25, 0.3) is 5.91 Å². The number of rotatable bonds is 6. The molecule has 0 saturated carbocycles. The lowest BCUT2D eigenvalue weighted by molar-refractivity contribution is 0.0828. The van der Waals surface area contributed by atoms with Crippen molar-refractivity contribution in [3.05, 3.63) is 53.2 Å². The Morgan fingerprint density at radius 2 is 1.88 bits per heavy atom. The van der Waals surface area contributed by atoms with E-state index in [1.807, 2.05) is 0 Å². The molecule has 1 heterocycles. The Labute approximate surface area is 141 Å². The summed E-state index contributed by atoms with van der Waals surface area (Å²) in [6.07, 6.45) is 4.79. The van der Waals surface area contributed by atoms with E-state index in [2.05, 4.69) is 11.9 Å². The molecule has 24 heavy (non-hydrogen) atoms. The number of aromatic nitrogens is 1. The first-order valence-electron chi connectivity index (χ1n) is 8.11. The highest BCUT2D eigenvalue weighted by atomic mass is 19.2. The maximum absolute atomic E-state index is 14.6. The molecule has 0 aliphatic carbocycles. The number of pyridine rings is 1. The number of aryl methyl sites for hydroxylation is 1. The molecular formula is C19H22F2N2O. The van der Waals surface area contributed by atoms with Crippen LogP contribution in [0.3, 0.4) is 0 Å². The quantitative estimate of drug-likeness (QED) is 0.732. The smallest absolute Gasteiger partial charge is 0.255 e. The van der Waals surface area contributed by atoms with Crippen LogP contribution in [0.1, 0.15) is 42.1 Å². The third-order valence-electron chi connectivity index (χ3n) is 3.91. The largest absolute Gasteiger partial charge is 0.345 e. The summed E-state index contributed by atoms with van der Waals surface area (Å²) in [4.78, 5) is 17.7. The summed E-state index contributed by atoms with van der Waals surface area (Å²) in [6, 6.07) is 6.27. The van der Waals surface area contributed by atoms with Crippen LogP contribution in [0.25, 0.3) is 11.3 Å². The maximum atomic E-state index is 14.6. The lowest BCUT2D eigenvalue weighted by atomic mass is 9.99. The number of unbranched alkanes of at least 4 members (excludes halogenated alkanes) is 2. The van der Waals surface area contributed by atoms with Crippen LogP contribution in [-0.2, 0) is 6.42 Å². The van der Waals surface area contributed by atoms with E-state index in [1.54, 1.807) is 32.3 Å². The molecule has 2 rings (SSSR count). The van der Waals surface area contributed by atoms with Crippen LogP contribution in [0.2, 0.25) is 0 Å². The monoisotopic (exact) mass is 332 g/mol. The molecule has 0 aliphatic heterocycles. The van der Waals surface area contributed by atoms with E-state index in [0.717, 1.165) is 19.3 Å². The molecule has 5 heteroatoms. The molecule has 1 aromatic heterocycles. The molecule has 0 atom stereocenters. The van der Waals surface area contributed by atoms with Crippen LogP contribution >= 0.6 is 0 Å². The van der Waals surface area contributed by atoms with Crippen molar-refractivity contribution in [2.45, 2.75) is 32.6 Å². The average Bonchev–Trinajstić information content (AvgIpc) is 2.58. The van der Waals surface area contributed by atoms with Gasteiger partial charge in [-0.15, -0.1) is 0 Å². The minimum Gasteiger partial charge on any atom is -0.345 e. The van der Waals surface area contributed by atoms with E-state index in [9.17, 15) is 13.6 Å². The molecule has 128 valence electrons. The third kappa shape index (κ3) is 3.78. The van der Waals surface area contributed by atoms with E-state index < -0.39 is 11.6 Å². The zero-order valence-corrected chi connectivity index (χ0v) is 14.3. The van der Waals surface area contributed by atoms with Gasteiger partial charge in [-0.3, -0.25) is 9.78 Å². The summed E-state index contributed by atoms with van der Waals surface area (Å²) in [6.45, 7) is 2.06. The summed E-state index contributed by atoms with van der Waals surface area (Å²) >= 11 is 0. The van der Waals surface area contributed by atoms with E-state index in [4.69, 9.17) is 0 Å². The van der Waals surface area contributed by atoms with Gasteiger partial charge in [0.1, 0.15) is 0 Å². The SMILES string of the molecule is CCCCCc1ccc(-c2ncccc2C(=O)N(C)C)c(F)c1F. The summed E-state index contributed by atoms with van der Waals surface area (Å²) in [5.74, 6) is -2.10. The van der Waals surface area contributed by atoms with Gasteiger partial charge >= 0.3 is 0 Å². The summed E-state index contributed by atoms with van der Waals surface area (Å²) in [7, 11) is 3.21. The lowest BCUT2D eigenvalue weighted by Crippen LogP contribution is -2.22. The van der Waals surface area contributed by atoms with Gasteiger partial charge in [-0.05, 0) is 36.6 Å². The number of halogens is 2. The first kappa shape index (κ1) is 18.0. The Bertz CT molecular complexity index is 729. The highest BCUT2D eigenvalue weighted by Gasteiger charge is 2.21. The highest BCUT2D eigenvalue weighted by molar-refractivity contribution is 5.99. The number of nitrogens with zero attached hydrogens (tertiary/aromatic N) is 2. The van der Waals surface area contributed by atoms with Crippen molar-refractivity contribution < 1.29 is 13.6 Å². The average molecular weight is 332 g/mol.